The van der Waals surface area contributed by atoms with Crippen molar-refractivity contribution in [3.05, 3.63) is 47.5 Å². The summed E-state index contributed by atoms with van der Waals surface area (Å²) in [7, 11) is 0. The molecule has 0 aliphatic carbocycles. The van der Waals surface area contributed by atoms with Crippen molar-refractivity contribution in [2.75, 3.05) is 6.54 Å². The first kappa shape index (κ1) is 19.9. The molecule has 0 atom stereocenters. The summed E-state index contributed by atoms with van der Waals surface area (Å²) in [6.07, 6.45) is -4.86. The first-order valence-corrected chi connectivity index (χ1v) is 7.48. The van der Waals surface area contributed by atoms with Gasteiger partial charge >= 0.3 is 6.36 Å². The van der Waals surface area contributed by atoms with Crippen LogP contribution in [0.4, 0.5) is 27.6 Å². The Balaban J connectivity index is 2.07. The van der Waals surface area contributed by atoms with E-state index >= 15 is 0 Å². The van der Waals surface area contributed by atoms with Gasteiger partial charge in [0, 0.05) is 18.0 Å². The van der Waals surface area contributed by atoms with Gasteiger partial charge in [-0.15, -0.1) is 13.2 Å². The summed E-state index contributed by atoms with van der Waals surface area (Å²) >= 11 is 5.75. The molecule has 0 aromatic heterocycles. The molecule has 0 saturated carbocycles. The molecule has 0 unspecified atom stereocenters. The molecule has 0 radical (unpaired) electrons. The van der Waals surface area contributed by atoms with Crippen LogP contribution in [0, 0.1) is 0 Å². The summed E-state index contributed by atoms with van der Waals surface area (Å²) in [4.78, 5) is 0. The number of hydrogen-bond acceptors (Lipinski definition) is 4. The summed E-state index contributed by atoms with van der Waals surface area (Å²) in [5.74, 6) is -3.18. The second kappa shape index (κ2) is 7.86. The highest BCUT2D eigenvalue weighted by atomic mass is 35.5. The normalized spacial score (nSPS) is 12.4. The number of azo groups is 1. The molecular weight excluding hydrogens is 383 g/mol. The van der Waals surface area contributed by atoms with Crippen molar-refractivity contribution in [3.8, 4) is 17.2 Å². The van der Waals surface area contributed by atoms with E-state index in [-0.39, 0.29) is 16.5 Å². The van der Waals surface area contributed by atoms with Gasteiger partial charge in [-0.05, 0) is 36.4 Å². The molecule has 0 amide bonds. The van der Waals surface area contributed by atoms with Crippen LogP contribution in [0.2, 0.25) is 5.02 Å². The predicted octanol–water partition coefficient (Wildman–Crippen LogP) is 6.77. The third-order valence-corrected chi connectivity index (χ3v) is 2.90. The smallest absolute Gasteiger partial charge is 0.457 e. The lowest BCUT2D eigenvalue weighted by Crippen LogP contribution is -2.17. The number of halogens is 6. The Kier molecular flexibility index (Phi) is 6.01. The highest BCUT2D eigenvalue weighted by molar-refractivity contribution is 6.30. The quantitative estimate of drug-likeness (QED) is 0.401. The Hall–Kier alpha value is -2.42. The third kappa shape index (κ3) is 7.22. The van der Waals surface area contributed by atoms with Gasteiger partial charge in [0.25, 0.3) is 5.92 Å². The summed E-state index contributed by atoms with van der Waals surface area (Å²) in [6, 6.07) is 9.12. The van der Waals surface area contributed by atoms with Gasteiger partial charge in [-0.3, -0.25) is 0 Å². The molecule has 2 rings (SSSR count). The third-order valence-electron chi connectivity index (χ3n) is 2.69. The minimum Gasteiger partial charge on any atom is -0.457 e. The molecule has 140 valence electrons. The number of alkyl halides is 5. The Morgan fingerprint density at radius 1 is 0.923 bits per heavy atom. The zero-order valence-corrected chi connectivity index (χ0v) is 14.0. The van der Waals surface area contributed by atoms with Gasteiger partial charge in [0.1, 0.15) is 23.8 Å². The highest BCUT2D eigenvalue weighted by Crippen LogP contribution is 2.33. The van der Waals surface area contributed by atoms with E-state index in [1.807, 2.05) is 0 Å². The van der Waals surface area contributed by atoms with E-state index in [0.29, 0.717) is 5.69 Å². The fourth-order valence-corrected chi connectivity index (χ4v) is 1.96. The number of nitrogens with zero attached hydrogens (tertiary/aromatic N) is 2. The van der Waals surface area contributed by atoms with E-state index in [4.69, 9.17) is 16.3 Å². The van der Waals surface area contributed by atoms with Crippen LogP contribution in [-0.2, 0) is 0 Å². The first-order valence-electron chi connectivity index (χ1n) is 7.10. The fourth-order valence-electron chi connectivity index (χ4n) is 1.75. The Morgan fingerprint density at radius 2 is 1.54 bits per heavy atom. The van der Waals surface area contributed by atoms with Crippen LogP contribution in [0.3, 0.4) is 0 Å². The van der Waals surface area contributed by atoms with Crippen molar-refractivity contribution in [2.45, 2.75) is 19.2 Å². The number of hydrogen-bond donors (Lipinski definition) is 0. The van der Waals surface area contributed by atoms with E-state index < -0.39 is 24.6 Å². The Labute approximate surface area is 150 Å². The molecule has 2 aromatic rings. The van der Waals surface area contributed by atoms with Crippen molar-refractivity contribution in [2.24, 2.45) is 10.2 Å². The van der Waals surface area contributed by atoms with Crippen molar-refractivity contribution in [1.82, 2.24) is 0 Å². The van der Waals surface area contributed by atoms with Crippen molar-refractivity contribution >= 4 is 17.3 Å². The largest absolute Gasteiger partial charge is 0.573 e. The molecule has 10 heteroatoms. The van der Waals surface area contributed by atoms with Crippen LogP contribution >= 0.6 is 11.6 Å². The second-order valence-corrected chi connectivity index (χ2v) is 5.67. The maximum Gasteiger partial charge on any atom is 0.573 e. The molecule has 0 fully saturated rings. The molecule has 0 saturated heterocycles. The van der Waals surface area contributed by atoms with Crippen LogP contribution in [0.5, 0.6) is 17.2 Å². The second-order valence-electron chi connectivity index (χ2n) is 5.24. The van der Waals surface area contributed by atoms with Crippen molar-refractivity contribution < 1.29 is 31.4 Å². The average Bonchev–Trinajstić information content (AvgIpc) is 2.45. The lowest BCUT2D eigenvalue weighted by Gasteiger charge is -2.11. The molecule has 26 heavy (non-hydrogen) atoms. The summed E-state index contributed by atoms with van der Waals surface area (Å²) in [5.41, 5.74) is 0.314. The predicted molar refractivity (Wildman–Crippen MR) is 84.7 cm³/mol. The number of ether oxygens (including phenoxy) is 2. The standard InChI is InChI=1S/C16H12ClF5N2O2/c1-15(18,19)9-23-24-11-2-4-12(5-3-11)25-13-6-10(17)7-14(8-13)26-16(20,21)22/h2-8H,9H2,1H3/b24-23+. The first-order chi connectivity index (χ1) is 12.0. The summed E-state index contributed by atoms with van der Waals surface area (Å²) in [6.45, 7) is -0.0134. The van der Waals surface area contributed by atoms with Crippen LogP contribution in [0.25, 0.3) is 0 Å². The molecule has 0 aliphatic heterocycles. The average molecular weight is 395 g/mol. The zero-order valence-electron chi connectivity index (χ0n) is 13.2. The summed E-state index contributed by atoms with van der Waals surface area (Å²) < 4.78 is 71.3. The molecule has 0 bridgehead atoms. The molecule has 0 N–H and O–H groups in total. The Morgan fingerprint density at radius 3 is 2.12 bits per heavy atom. The minimum atomic E-state index is -4.86. The van der Waals surface area contributed by atoms with E-state index in [1.54, 1.807) is 0 Å². The van der Waals surface area contributed by atoms with Crippen LogP contribution < -0.4 is 9.47 Å². The number of benzene rings is 2. The monoisotopic (exact) mass is 394 g/mol. The maximum atomic E-state index is 12.6. The molecule has 0 aliphatic rings. The zero-order chi connectivity index (χ0) is 19.4. The molecule has 0 heterocycles. The molecule has 2 aromatic carbocycles. The van der Waals surface area contributed by atoms with Gasteiger partial charge in [0.15, 0.2) is 0 Å². The van der Waals surface area contributed by atoms with Gasteiger partial charge in [-0.1, -0.05) is 11.6 Å². The maximum absolute atomic E-state index is 12.6. The van der Waals surface area contributed by atoms with E-state index in [2.05, 4.69) is 15.0 Å². The van der Waals surface area contributed by atoms with E-state index in [1.165, 1.54) is 30.3 Å². The van der Waals surface area contributed by atoms with E-state index in [0.717, 1.165) is 19.1 Å². The van der Waals surface area contributed by atoms with Gasteiger partial charge in [-0.25, -0.2) is 8.78 Å². The molecule has 4 nitrogen and oxygen atoms in total. The van der Waals surface area contributed by atoms with Crippen LogP contribution in [-0.4, -0.2) is 18.8 Å². The van der Waals surface area contributed by atoms with Crippen LogP contribution in [0.15, 0.2) is 52.7 Å². The van der Waals surface area contributed by atoms with Crippen molar-refractivity contribution in [1.29, 1.82) is 0 Å². The van der Waals surface area contributed by atoms with E-state index in [9.17, 15) is 22.0 Å². The van der Waals surface area contributed by atoms with Gasteiger partial charge in [0.05, 0.1) is 5.69 Å². The van der Waals surface area contributed by atoms with Gasteiger partial charge in [0.2, 0.25) is 0 Å². The SMILES string of the molecule is CC(F)(F)C/N=N/c1ccc(Oc2cc(Cl)cc(OC(F)(F)F)c2)cc1. The van der Waals surface area contributed by atoms with Gasteiger partial charge in [-0.2, -0.15) is 10.2 Å². The molecule has 0 spiro atoms. The topological polar surface area (TPSA) is 43.2 Å². The molecular formula is C16H12ClF5N2O2. The lowest BCUT2D eigenvalue weighted by molar-refractivity contribution is -0.274. The highest BCUT2D eigenvalue weighted by Gasteiger charge is 2.31. The lowest BCUT2D eigenvalue weighted by atomic mass is 10.3. The van der Waals surface area contributed by atoms with Crippen LogP contribution in [0.1, 0.15) is 6.92 Å². The number of rotatable bonds is 6. The minimum absolute atomic E-state index is 0.00679. The van der Waals surface area contributed by atoms with Crippen molar-refractivity contribution in [3.63, 3.8) is 0 Å². The van der Waals surface area contributed by atoms with Gasteiger partial charge < -0.3 is 9.47 Å². The Bertz CT molecular complexity index is 774. The fraction of sp³-hybridized carbons (Fsp3) is 0.250. The summed E-state index contributed by atoms with van der Waals surface area (Å²) in [5, 5.41) is 7.00.